The maximum Gasteiger partial charge on any atom is 0.311 e. The Balaban J connectivity index is 1.68. The van der Waals surface area contributed by atoms with Crippen molar-refractivity contribution in [1.29, 1.82) is 0 Å². The largest absolute Gasteiger partial charge is 0.493 e. The fourth-order valence-electron chi connectivity index (χ4n) is 2.22. The molecule has 0 heterocycles. The van der Waals surface area contributed by atoms with Gasteiger partial charge in [-0.25, -0.2) is 4.39 Å². The van der Waals surface area contributed by atoms with Crippen LogP contribution in [0.5, 0.6) is 5.75 Å². The highest BCUT2D eigenvalue weighted by Gasteiger charge is 2.44. The maximum absolute atomic E-state index is 12.7. The minimum atomic E-state index is -0.850. The molecule has 0 spiro atoms. The summed E-state index contributed by atoms with van der Waals surface area (Å²) in [5.41, 5.74) is -0.784. The van der Waals surface area contributed by atoms with Crippen LogP contribution in [0.25, 0.3) is 0 Å². The van der Waals surface area contributed by atoms with Gasteiger partial charge in [-0.05, 0) is 37.1 Å². The van der Waals surface area contributed by atoms with Gasteiger partial charge >= 0.3 is 5.97 Å². The number of hydrogen-bond donors (Lipinski definition) is 2. The Kier molecular flexibility index (Phi) is 4.77. The average Bonchev–Trinajstić information content (AvgIpc) is 2.39. The van der Waals surface area contributed by atoms with E-state index in [1.807, 2.05) is 0 Å². The maximum atomic E-state index is 12.7. The number of benzene rings is 1. The van der Waals surface area contributed by atoms with Crippen LogP contribution in [0.1, 0.15) is 25.7 Å². The Morgan fingerprint density at radius 2 is 1.95 bits per heavy atom. The lowest BCUT2D eigenvalue weighted by Gasteiger charge is -2.37. The molecular weight excluding hydrogens is 277 g/mol. The first kappa shape index (κ1) is 15.3. The van der Waals surface area contributed by atoms with Crippen molar-refractivity contribution in [2.45, 2.75) is 25.7 Å². The zero-order valence-electron chi connectivity index (χ0n) is 11.6. The summed E-state index contributed by atoms with van der Waals surface area (Å²) in [5, 5.41) is 11.8. The normalized spacial score (nSPS) is 15.9. The van der Waals surface area contributed by atoms with Gasteiger partial charge < -0.3 is 15.2 Å². The lowest BCUT2D eigenvalue weighted by Crippen LogP contribution is -2.47. The molecule has 1 aromatic carbocycles. The third-order valence-corrected chi connectivity index (χ3v) is 3.80. The molecule has 6 heteroatoms. The number of carboxylic acids is 1. The van der Waals surface area contributed by atoms with E-state index in [9.17, 15) is 14.0 Å². The van der Waals surface area contributed by atoms with Gasteiger partial charge in [0, 0.05) is 6.54 Å². The first-order valence-electron chi connectivity index (χ1n) is 6.90. The predicted molar refractivity (Wildman–Crippen MR) is 73.4 cm³/mol. The van der Waals surface area contributed by atoms with Crippen molar-refractivity contribution in [2.24, 2.45) is 5.41 Å². The van der Waals surface area contributed by atoms with Crippen LogP contribution in [0, 0.1) is 11.2 Å². The van der Waals surface area contributed by atoms with Crippen molar-refractivity contribution in [3.8, 4) is 5.75 Å². The van der Waals surface area contributed by atoms with Crippen LogP contribution < -0.4 is 10.1 Å². The van der Waals surface area contributed by atoms with E-state index >= 15 is 0 Å². The van der Waals surface area contributed by atoms with Gasteiger partial charge in [-0.15, -0.1) is 0 Å². The monoisotopic (exact) mass is 295 g/mol. The van der Waals surface area contributed by atoms with E-state index in [1.54, 1.807) is 0 Å². The summed E-state index contributed by atoms with van der Waals surface area (Å²) in [5.74, 6) is -0.953. The van der Waals surface area contributed by atoms with Gasteiger partial charge in [0.1, 0.15) is 11.6 Å². The molecule has 1 saturated carbocycles. The number of carboxylic acid groups (broad SMARTS) is 1. The highest BCUT2D eigenvalue weighted by molar-refractivity contribution is 5.79. The Hall–Kier alpha value is -2.11. The number of carbonyl (C=O) groups excluding carboxylic acids is 1. The summed E-state index contributed by atoms with van der Waals surface area (Å²) in [7, 11) is 0. The van der Waals surface area contributed by atoms with Crippen molar-refractivity contribution in [2.75, 3.05) is 13.2 Å². The Morgan fingerprint density at radius 3 is 2.48 bits per heavy atom. The molecule has 0 aromatic heterocycles. The second-order valence-corrected chi connectivity index (χ2v) is 5.27. The molecule has 1 aliphatic carbocycles. The molecule has 0 aliphatic heterocycles. The van der Waals surface area contributed by atoms with E-state index in [-0.39, 0.29) is 31.3 Å². The third kappa shape index (κ3) is 3.93. The zero-order chi connectivity index (χ0) is 15.3. The minimum Gasteiger partial charge on any atom is -0.493 e. The summed E-state index contributed by atoms with van der Waals surface area (Å²) < 4.78 is 18.0. The molecule has 21 heavy (non-hydrogen) atoms. The van der Waals surface area contributed by atoms with E-state index in [1.165, 1.54) is 24.3 Å². The van der Waals surface area contributed by atoms with Crippen molar-refractivity contribution >= 4 is 11.9 Å². The van der Waals surface area contributed by atoms with Crippen molar-refractivity contribution in [3.05, 3.63) is 30.1 Å². The zero-order valence-corrected chi connectivity index (χ0v) is 11.6. The Labute approximate surface area is 122 Å². The topological polar surface area (TPSA) is 75.6 Å². The number of ether oxygens (including phenoxy) is 1. The molecule has 2 N–H and O–H groups in total. The highest BCUT2D eigenvalue weighted by atomic mass is 19.1. The van der Waals surface area contributed by atoms with Crippen LogP contribution in [0.15, 0.2) is 24.3 Å². The third-order valence-electron chi connectivity index (χ3n) is 3.80. The second kappa shape index (κ2) is 6.56. The quantitative estimate of drug-likeness (QED) is 0.806. The lowest BCUT2D eigenvalue weighted by atomic mass is 9.69. The fraction of sp³-hybridized carbons (Fsp3) is 0.467. The molecule has 1 amide bonds. The van der Waals surface area contributed by atoms with Crippen LogP contribution in [0.4, 0.5) is 4.39 Å². The van der Waals surface area contributed by atoms with Crippen molar-refractivity contribution in [3.63, 3.8) is 0 Å². The van der Waals surface area contributed by atoms with Gasteiger partial charge in [0.2, 0.25) is 5.91 Å². The van der Waals surface area contributed by atoms with E-state index in [0.717, 1.165) is 6.42 Å². The molecule has 0 radical (unpaired) electrons. The van der Waals surface area contributed by atoms with E-state index in [4.69, 9.17) is 9.84 Å². The van der Waals surface area contributed by atoms with Crippen molar-refractivity contribution in [1.82, 2.24) is 5.32 Å². The summed E-state index contributed by atoms with van der Waals surface area (Å²) in [6.07, 6.45) is 2.23. The summed E-state index contributed by atoms with van der Waals surface area (Å²) >= 11 is 0. The van der Waals surface area contributed by atoms with Crippen LogP contribution in [-0.4, -0.2) is 30.1 Å². The number of nitrogens with one attached hydrogen (secondary N) is 1. The molecule has 114 valence electrons. The first-order chi connectivity index (χ1) is 10.0. The van der Waals surface area contributed by atoms with Crippen LogP contribution in [0.3, 0.4) is 0 Å². The molecule has 1 fully saturated rings. The predicted octanol–water partition coefficient (Wildman–Crippen LogP) is 1.97. The number of halogens is 1. The highest BCUT2D eigenvalue weighted by Crippen LogP contribution is 2.40. The van der Waals surface area contributed by atoms with Crippen LogP contribution in [0.2, 0.25) is 0 Å². The standard InChI is InChI=1S/C15H18FNO4/c16-11-2-4-12(5-3-11)21-9-6-13(18)17-10-15(14(19)20)7-1-8-15/h2-5H,1,6-10H2,(H,17,18)(H,19,20). The van der Waals surface area contributed by atoms with E-state index in [2.05, 4.69) is 5.32 Å². The van der Waals surface area contributed by atoms with Gasteiger partial charge in [0.15, 0.2) is 0 Å². The summed E-state index contributed by atoms with van der Waals surface area (Å²) in [4.78, 5) is 22.8. The smallest absolute Gasteiger partial charge is 0.311 e. The van der Waals surface area contributed by atoms with Crippen LogP contribution in [-0.2, 0) is 9.59 Å². The van der Waals surface area contributed by atoms with Gasteiger partial charge in [0.05, 0.1) is 18.4 Å². The molecule has 0 saturated heterocycles. The Bertz CT molecular complexity index is 511. The molecule has 2 rings (SSSR count). The average molecular weight is 295 g/mol. The first-order valence-corrected chi connectivity index (χ1v) is 6.90. The number of rotatable bonds is 7. The molecule has 1 aromatic rings. The van der Waals surface area contributed by atoms with Crippen LogP contribution >= 0.6 is 0 Å². The van der Waals surface area contributed by atoms with Gasteiger partial charge in [0.25, 0.3) is 0 Å². The summed E-state index contributed by atoms with van der Waals surface area (Å²) in [6, 6.07) is 5.53. The van der Waals surface area contributed by atoms with Gasteiger partial charge in [-0.3, -0.25) is 9.59 Å². The lowest BCUT2D eigenvalue weighted by molar-refractivity contribution is -0.154. The SMILES string of the molecule is O=C(CCOc1ccc(F)cc1)NCC1(C(=O)O)CCC1. The molecule has 1 aliphatic rings. The molecule has 0 bridgehead atoms. The summed E-state index contributed by atoms with van der Waals surface area (Å²) in [6.45, 7) is 0.329. The van der Waals surface area contributed by atoms with Crippen molar-refractivity contribution < 1.29 is 23.8 Å². The second-order valence-electron chi connectivity index (χ2n) is 5.27. The van der Waals surface area contributed by atoms with Gasteiger partial charge in [-0.2, -0.15) is 0 Å². The number of carbonyl (C=O) groups is 2. The molecule has 5 nitrogen and oxygen atoms in total. The number of aliphatic carboxylic acids is 1. The Morgan fingerprint density at radius 1 is 1.29 bits per heavy atom. The van der Waals surface area contributed by atoms with Gasteiger partial charge in [-0.1, -0.05) is 6.42 Å². The molecular formula is C15H18FNO4. The fourth-order valence-corrected chi connectivity index (χ4v) is 2.22. The number of amides is 1. The van der Waals surface area contributed by atoms with E-state index < -0.39 is 11.4 Å². The minimum absolute atomic E-state index is 0.132. The molecule has 0 unspecified atom stereocenters. The van der Waals surface area contributed by atoms with E-state index in [0.29, 0.717) is 18.6 Å². The molecule has 0 atom stereocenters. The number of hydrogen-bond acceptors (Lipinski definition) is 3.